The van der Waals surface area contributed by atoms with Gasteiger partial charge in [0.1, 0.15) is 5.82 Å². The Labute approximate surface area is 185 Å². The molecule has 7 heteroatoms. The van der Waals surface area contributed by atoms with Gasteiger partial charge in [-0.25, -0.2) is 13.8 Å². The highest BCUT2D eigenvalue weighted by Gasteiger charge is 2.28. The van der Waals surface area contributed by atoms with Crippen LogP contribution in [0.4, 0.5) is 8.78 Å². The maximum absolute atomic E-state index is 14.2. The quantitative estimate of drug-likeness (QED) is 0.323. The van der Waals surface area contributed by atoms with E-state index in [1.807, 2.05) is 16.7 Å². The molecule has 4 nitrogen and oxygen atoms in total. The third-order valence-electron chi connectivity index (χ3n) is 5.96. The predicted molar refractivity (Wildman–Crippen MR) is 117 cm³/mol. The summed E-state index contributed by atoms with van der Waals surface area (Å²) in [7, 11) is 0. The third kappa shape index (κ3) is 4.74. The molecule has 2 aromatic carbocycles. The minimum atomic E-state index is -0.916. The van der Waals surface area contributed by atoms with Crippen LogP contribution in [0.3, 0.4) is 0 Å². The Kier molecular flexibility index (Phi) is 6.56. The molecule has 1 aliphatic rings. The summed E-state index contributed by atoms with van der Waals surface area (Å²) in [6.07, 6.45) is 4.96. The lowest BCUT2D eigenvalue weighted by atomic mass is 9.94. The molecule has 1 heterocycles. The zero-order chi connectivity index (χ0) is 22.0. The van der Waals surface area contributed by atoms with Crippen molar-refractivity contribution in [3.8, 4) is 11.4 Å². The average Bonchev–Trinajstić information content (AvgIpc) is 2.93. The number of carbonyl (C=O) groups is 1. The monoisotopic (exact) mass is 446 g/mol. The van der Waals surface area contributed by atoms with Gasteiger partial charge in [0.25, 0.3) is 0 Å². The number of esters is 1. The Hall–Kier alpha value is -2.47. The molecule has 3 aromatic rings. The van der Waals surface area contributed by atoms with E-state index in [-0.39, 0.29) is 17.9 Å². The van der Waals surface area contributed by atoms with Gasteiger partial charge in [0, 0.05) is 35.2 Å². The van der Waals surface area contributed by atoms with Gasteiger partial charge in [0.2, 0.25) is 0 Å². The number of hydrogen-bond donors (Lipinski definition) is 0. The second-order valence-corrected chi connectivity index (χ2v) is 8.55. The van der Waals surface area contributed by atoms with Crippen LogP contribution in [0.5, 0.6) is 0 Å². The van der Waals surface area contributed by atoms with Gasteiger partial charge in [-0.15, -0.1) is 0 Å². The molecule has 0 radical (unpaired) electrons. The molecule has 0 spiro atoms. The van der Waals surface area contributed by atoms with E-state index in [1.54, 1.807) is 19.1 Å². The molecule has 2 atom stereocenters. The van der Waals surface area contributed by atoms with E-state index in [0.717, 1.165) is 43.7 Å². The molecular weight excluding hydrogens is 422 g/mol. The number of halogens is 3. The van der Waals surface area contributed by atoms with Gasteiger partial charge in [0.05, 0.1) is 17.6 Å². The summed E-state index contributed by atoms with van der Waals surface area (Å²) in [5.74, 6) is -1.17. The first kappa shape index (κ1) is 21.8. The molecule has 0 aliphatic heterocycles. The summed E-state index contributed by atoms with van der Waals surface area (Å²) in [6.45, 7) is 2.17. The normalized spacial score (nSPS) is 19.4. The second kappa shape index (κ2) is 9.35. The minimum absolute atomic E-state index is 0.0162. The fourth-order valence-corrected chi connectivity index (χ4v) is 4.70. The van der Waals surface area contributed by atoms with Gasteiger partial charge in [-0.3, -0.25) is 4.79 Å². The number of rotatable bonds is 5. The van der Waals surface area contributed by atoms with Crippen molar-refractivity contribution in [3.63, 3.8) is 0 Å². The first-order valence-corrected chi connectivity index (χ1v) is 11.1. The lowest BCUT2D eigenvalue weighted by Gasteiger charge is -2.24. The summed E-state index contributed by atoms with van der Waals surface area (Å²) >= 11 is 6.05. The van der Waals surface area contributed by atoms with E-state index in [9.17, 15) is 13.6 Å². The first-order valence-electron chi connectivity index (χ1n) is 10.7. The number of fused-ring (bicyclic) bond motifs is 1. The molecule has 2 unspecified atom stereocenters. The van der Waals surface area contributed by atoms with Crippen LogP contribution in [0.2, 0.25) is 5.02 Å². The van der Waals surface area contributed by atoms with Crippen LogP contribution in [-0.4, -0.2) is 22.1 Å². The van der Waals surface area contributed by atoms with Crippen molar-refractivity contribution in [3.05, 3.63) is 53.1 Å². The SMILES string of the molecule is CCOC(=O)CC1CCCCC(n2c(-c3ccc(Cl)cc3)nc3cc(F)c(F)cc32)C1. The van der Waals surface area contributed by atoms with Crippen LogP contribution >= 0.6 is 11.6 Å². The smallest absolute Gasteiger partial charge is 0.306 e. The lowest BCUT2D eigenvalue weighted by Crippen LogP contribution is -2.17. The van der Waals surface area contributed by atoms with Gasteiger partial charge in [0.15, 0.2) is 11.6 Å². The maximum atomic E-state index is 14.2. The van der Waals surface area contributed by atoms with Crippen molar-refractivity contribution in [1.29, 1.82) is 0 Å². The fourth-order valence-electron chi connectivity index (χ4n) is 4.57. The van der Waals surface area contributed by atoms with Crippen LogP contribution in [0.1, 0.15) is 51.5 Å². The average molecular weight is 447 g/mol. The van der Waals surface area contributed by atoms with Crippen LogP contribution < -0.4 is 0 Å². The van der Waals surface area contributed by atoms with Crippen molar-refractivity contribution in [2.24, 2.45) is 5.92 Å². The number of benzene rings is 2. The molecule has 31 heavy (non-hydrogen) atoms. The summed E-state index contributed by atoms with van der Waals surface area (Å²) in [6, 6.07) is 9.66. The highest BCUT2D eigenvalue weighted by molar-refractivity contribution is 6.30. The number of carbonyl (C=O) groups excluding carboxylic acids is 1. The van der Waals surface area contributed by atoms with Crippen molar-refractivity contribution < 1.29 is 18.3 Å². The fraction of sp³-hybridized carbons (Fsp3) is 0.417. The summed E-state index contributed by atoms with van der Waals surface area (Å²) in [5.41, 5.74) is 1.80. The maximum Gasteiger partial charge on any atom is 0.306 e. The molecule has 0 N–H and O–H groups in total. The van der Waals surface area contributed by atoms with Gasteiger partial charge in [-0.05, 0) is 56.4 Å². The third-order valence-corrected chi connectivity index (χ3v) is 6.22. The standard InChI is InChI=1S/C24H25ClF2N2O2/c1-2-31-23(30)12-15-5-3-4-6-18(11-15)29-22-14-20(27)19(26)13-21(22)28-24(29)16-7-9-17(25)10-8-16/h7-10,13-15,18H,2-6,11-12H2,1H3. The molecule has 1 aliphatic carbocycles. The summed E-state index contributed by atoms with van der Waals surface area (Å²) in [4.78, 5) is 16.7. The van der Waals surface area contributed by atoms with Gasteiger partial charge in [-0.2, -0.15) is 0 Å². The Morgan fingerprint density at radius 1 is 1.16 bits per heavy atom. The van der Waals surface area contributed by atoms with Gasteiger partial charge < -0.3 is 9.30 Å². The van der Waals surface area contributed by atoms with E-state index in [4.69, 9.17) is 16.3 Å². The molecule has 0 amide bonds. The predicted octanol–water partition coefficient (Wildman–Crippen LogP) is 6.71. The minimum Gasteiger partial charge on any atom is -0.466 e. The number of imidazole rings is 1. The van der Waals surface area contributed by atoms with E-state index in [1.165, 1.54) is 6.07 Å². The number of aromatic nitrogens is 2. The van der Waals surface area contributed by atoms with E-state index in [2.05, 4.69) is 4.98 Å². The molecule has 164 valence electrons. The van der Waals surface area contributed by atoms with E-state index in [0.29, 0.717) is 34.9 Å². The Morgan fingerprint density at radius 2 is 1.87 bits per heavy atom. The Balaban J connectivity index is 1.78. The molecule has 1 fully saturated rings. The number of ether oxygens (including phenoxy) is 1. The highest BCUT2D eigenvalue weighted by Crippen LogP contribution is 2.39. The summed E-state index contributed by atoms with van der Waals surface area (Å²) < 4.78 is 35.3. The van der Waals surface area contributed by atoms with Gasteiger partial charge >= 0.3 is 5.97 Å². The lowest BCUT2D eigenvalue weighted by molar-refractivity contribution is -0.144. The number of nitrogens with zero attached hydrogens (tertiary/aromatic N) is 2. The zero-order valence-electron chi connectivity index (χ0n) is 17.4. The summed E-state index contributed by atoms with van der Waals surface area (Å²) in [5, 5.41) is 0.604. The topological polar surface area (TPSA) is 44.1 Å². The van der Waals surface area contributed by atoms with E-state index >= 15 is 0 Å². The Bertz CT molecular complexity index is 1080. The van der Waals surface area contributed by atoms with E-state index < -0.39 is 11.6 Å². The van der Waals surface area contributed by atoms with Crippen molar-refractivity contribution in [2.75, 3.05) is 6.61 Å². The largest absolute Gasteiger partial charge is 0.466 e. The first-order chi connectivity index (χ1) is 15.0. The van der Waals surface area contributed by atoms with Gasteiger partial charge in [-0.1, -0.05) is 24.4 Å². The van der Waals surface area contributed by atoms with Crippen molar-refractivity contribution >= 4 is 28.6 Å². The van der Waals surface area contributed by atoms with Crippen LogP contribution in [-0.2, 0) is 9.53 Å². The number of hydrogen-bond acceptors (Lipinski definition) is 3. The second-order valence-electron chi connectivity index (χ2n) is 8.12. The van der Waals surface area contributed by atoms with Crippen LogP contribution in [0.25, 0.3) is 22.4 Å². The molecular formula is C24H25ClF2N2O2. The van der Waals surface area contributed by atoms with Crippen LogP contribution in [0, 0.1) is 17.6 Å². The van der Waals surface area contributed by atoms with Crippen molar-refractivity contribution in [1.82, 2.24) is 9.55 Å². The zero-order valence-corrected chi connectivity index (χ0v) is 18.2. The highest BCUT2D eigenvalue weighted by atomic mass is 35.5. The van der Waals surface area contributed by atoms with Crippen molar-refractivity contribution in [2.45, 2.75) is 51.5 Å². The molecule has 0 saturated heterocycles. The molecule has 4 rings (SSSR count). The molecule has 1 aromatic heterocycles. The molecule has 0 bridgehead atoms. The van der Waals surface area contributed by atoms with Crippen LogP contribution in [0.15, 0.2) is 36.4 Å². The molecule has 1 saturated carbocycles. The Morgan fingerprint density at radius 3 is 2.61 bits per heavy atom.